The average Bonchev–Trinajstić information content (AvgIpc) is 2.94. The molecule has 4 nitrogen and oxygen atoms in total. The van der Waals surface area contributed by atoms with Gasteiger partial charge in [-0.05, 0) is 42.5 Å². The molecule has 1 unspecified atom stereocenters. The Kier molecular flexibility index (Phi) is 5.13. The standard InChI is InChI=1S/C17H22N4/c1-12(2)7-14(10-19)8-17-20-11-16(21-17)15-5-3-13(9-18)4-6-15/h3-6,11-12,14H,7-8,10,19H2,1-2H3,(H,20,21). The van der Waals surface area contributed by atoms with Crippen molar-refractivity contribution in [1.29, 1.82) is 5.26 Å². The largest absolute Gasteiger partial charge is 0.342 e. The van der Waals surface area contributed by atoms with Crippen LogP contribution in [0.3, 0.4) is 0 Å². The number of rotatable bonds is 6. The summed E-state index contributed by atoms with van der Waals surface area (Å²) in [5.74, 6) is 2.09. The molecule has 1 aromatic carbocycles. The van der Waals surface area contributed by atoms with Crippen molar-refractivity contribution in [2.24, 2.45) is 17.6 Å². The van der Waals surface area contributed by atoms with Crippen molar-refractivity contribution >= 4 is 0 Å². The Hall–Kier alpha value is -2.12. The Morgan fingerprint density at radius 3 is 2.57 bits per heavy atom. The SMILES string of the molecule is CC(C)CC(CN)Cc1ncc(-c2ccc(C#N)cc2)[nH]1. The summed E-state index contributed by atoms with van der Waals surface area (Å²) < 4.78 is 0. The van der Waals surface area contributed by atoms with Gasteiger partial charge in [0.15, 0.2) is 0 Å². The number of aromatic nitrogens is 2. The van der Waals surface area contributed by atoms with E-state index in [0.29, 0.717) is 23.9 Å². The van der Waals surface area contributed by atoms with Gasteiger partial charge in [-0.1, -0.05) is 26.0 Å². The van der Waals surface area contributed by atoms with Gasteiger partial charge in [-0.25, -0.2) is 4.98 Å². The number of aromatic amines is 1. The van der Waals surface area contributed by atoms with Crippen LogP contribution in [0, 0.1) is 23.2 Å². The maximum absolute atomic E-state index is 8.82. The van der Waals surface area contributed by atoms with Crippen LogP contribution in [-0.4, -0.2) is 16.5 Å². The highest BCUT2D eigenvalue weighted by atomic mass is 14.9. The molecular weight excluding hydrogens is 260 g/mol. The van der Waals surface area contributed by atoms with Gasteiger partial charge in [0.25, 0.3) is 0 Å². The zero-order chi connectivity index (χ0) is 15.2. The van der Waals surface area contributed by atoms with Gasteiger partial charge in [0.2, 0.25) is 0 Å². The number of nitrogens with one attached hydrogen (secondary N) is 1. The minimum atomic E-state index is 0.463. The second kappa shape index (κ2) is 7.05. The van der Waals surface area contributed by atoms with E-state index in [-0.39, 0.29) is 0 Å². The van der Waals surface area contributed by atoms with Crippen LogP contribution in [0.5, 0.6) is 0 Å². The van der Waals surface area contributed by atoms with Crippen molar-refractivity contribution in [3.05, 3.63) is 41.9 Å². The molecule has 0 spiro atoms. The Morgan fingerprint density at radius 1 is 1.29 bits per heavy atom. The number of benzene rings is 1. The second-order valence-corrected chi connectivity index (χ2v) is 5.87. The molecular formula is C17H22N4. The van der Waals surface area contributed by atoms with Crippen LogP contribution >= 0.6 is 0 Å². The van der Waals surface area contributed by atoms with Gasteiger partial charge >= 0.3 is 0 Å². The van der Waals surface area contributed by atoms with Crippen LogP contribution in [0.2, 0.25) is 0 Å². The smallest absolute Gasteiger partial charge is 0.106 e. The molecule has 0 bridgehead atoms. The van der Waals surface area contributed by atoms with E-state index in [1.165, 1.54) is 0 Å². The summed E-state index contributed by atoms with van der Waals surface area (Å²) >= 11 is 0. The van der Waals surface area contributed by atoms with Gasteiger partial charge in [-0.2, -0.15) is 5.26 Å². The molecule has 2 aromatic rings. The molecule has 3 N–H and O–H groups in total. The van der Waals surface area contributed by atoms with E-state index < -0.39 is 0 Å². The molecule has 0 radical (unpaired) electrons. The van der Waals surface area contributed by atoms with E-state index >= 15 is 0 Å². The van der Waals surface area contributed by atoms with Crippen LogP contribution in [0.25, 0.3) is 11.3 Å². The third-order valence-electron chi connectivity index (χ3n) is 3.57. The molecule has 21 heavy (non-hydrogen) atoms. The van der Waals surface area contributed by atoms with Crippen LogP contribution in [0.15, 0.2) is 30.5 Å². The molecule has 110 valence electrons. The number of nitrogens with two attached hydrogens (primary N) is 1. The first kappa shape index (κ1) is 15.3. The van der Waals surface area contributed by atoms with E-state index in [1.54, 1.807) is 0 Å². The van der Waals surface area contributed by atoms with Crippen LogP contribution in [-0.2, 0) is 6.42 Å². The highest BCUT2D eigenvalue weighted by Crippen LogP contribution is 2.20. The monoisotopic (exact) mass is 282 g/mol. The Bertz CT molecular complexity index is 604. The molecule has 1 atom stereocenters. The maximum atomic E-state index is 8.82. The van der Waals surface area contributed by atoms with Crippen molar-refractivity contribution in [2.45, 2.75) is 26.7 Å². The van der Waals surface area contributed by atoms with Gasteiger partial charge in [0, 0.05) is 6.42 Å². The third kappa shape index (κ3) is 4.17. The Morgan fingerprint density at radius 2 is 2.00 bits per heavy atom. The molecule has 1 heterocycles. The second-order valence-electron chi connectivity index (χ2n) is 5.87. The number of nitrogens with zero attached hydrogens (tertiary/aromatic N) is 2. The third-order valence-corrected chi connectivity index (χ3v) is 3.57. The molecule has 0 amide bonds. The van der Waals surface area contributed by atoms with Crippen molar-refractivity contribution in [2.75, 3.05) is 6.54 Å². The van der Waals surface area contributed by atoms with Crippen molar-refractivity contribution < 1.29 is 0 Å². The number of hydrogen-bond acceptors (Lipinski definition) is 3. The summed E-state index contributed by atoms with van der Waals surface area (Å²) in [6.07, 6.45) is 3.84. The van der Waals surface area contributed by atoms with Gasteiger partial charge in [-0.15, -0.1) is 0 Å². The minimum Gasteiger partial charge on any atom is -0.342 e. The summed E-state index contributed by atoms with van der Waals surface area (Å²) in [5, 5.41) is 8.82. The lowest BCUT2D eigenvalue weighted by Crippen LogP contribution is -2.19. The van der Waals surface area contributed by atoms with Gasteiger partial charge in [0.1, 0.15) is 5.82 Å². The minimum absolute atomic E-state index is 0.463. The zero-order valence-corrected chi connectivity index (χ0v) is 12.6. The summed E-state index contributed by atoms with van der Waals surface area (Å²) in [6.45, 7) is 5.12. The summed E-state index contributed by atoms with van der Waals surface area (Å²) in [7, 11) is 0. The fraction of sp³-hybridized carbons (Fsp3) is 0.412. The lowest BCUT2D eigenvalue weighted by molar-refractivity contribution is 0.409. The summed E-state index contributed by atoms with van der Waals surface area (Å²) in [4.78, 5) is 7.81. The molecule has 2 rings (SSSR count). The molecule has 0 aliphatic rings. The van der Waals surface area contributed by atoms with Gasteiger partial charge in [-0.3, -0.25) is 0 Å². The number of H-pyrrole nitrogens is 1. The highest BCUT2D eigenvalue weighted by Gasteiger charge is 2.12. The topological polar surface area (TPSA) is 78.5 Å². The first-order valence-electron chi connectivity index (χ1n) is 7.36. The molecule has 0 fully saturated rings. The first-order chi connectivity index (χ1) is 10.1. The van der Waals surface area contributed by atoms with Crippen LogP contribution < -0.4 is 5.73 Å². The fourth-order valence-corrected chi connectivity index (χ4v) is 2.54. The highest BCUT2D eigenvalue weighted by molar-refractivity contribution is 5.59. The summed E-state index contributed by atoms with van der Waals surface area (Å²) in [5.41, 5.74) is 8.54. The number of hydrogen-bond donors (Lipinski definition) is 2. The zero-order valence-electron chi connectivity index (χ0n) is 12.6. The molecule has 0 aliphatic carbocycles. The Balaban J connectivity index is 2.08. The lowest BCUT2D eigenvalue weighted by atomic mass is 9.94. The average molecular weight is 282 g/mol. The van der Waals surface area contributed by atoms with Crippen molar-refractivity contribution in [3.8, 4) is 17.3 Å². The van der Waals surface area contributed by atoms with E-state index in [9.17, 15) is 0 Å². The quantitative estimate of drug-likeness (QED) is 0.854. The first-order valence-corrected chi connectivity index (χ1v) is 7.36. The van der Waals surface area contributed by atoms with E-state index in [2.05, 4.69) is 29.9 Å². The predicted octanol–water partition coefficient (Wildman–Crippen LogP) is 3.11. The number of nitriles is 1. The van der Waals surface area contributed by atoms with Gasteiger partial charge in [0.05, 0.1) is 23.5 Å². The lowest BCUT2D eigenvalue weighted by Gasteiger charge is -2.15. The van der Waals surface area contributed by atoms with Crippen LogP contribution in [0.4, 0.5) is 0 Å². The maximum Gasteiger partial charge on any atom is 0.106 e. The predicted molar refractivity (Wildman–Crippen MR) is 84.4 cm³/mol. The van der Waals surface area contributed by atoms with Crippen molar-refractivity contribution in [3.63, 3.8) is 0 Å². The van der Waals surface area contributed by atoms with E-state index in [4.69, 9.17) is 11.0 Å². The van der Waals surface area contributed by atoms with E-state index in [0.717, 1.165) is 29.9 Å². The molecule has 1 aromatic heterocycles. The van der Waals surface area contributed by atoms with E-state index in [1.807, 2.05) is 30.5 Å². The number of imidazole rings is 1. The van der Waals surface area contributed by atoms with Gasteiger partial charge < -0.3 is 10.7 Å². The molecule has 0 aliphatic heterocycles. The van der Waals surface area contributed by atoms with Crippen LogP contribution in [0.1, 0.15) is 31.7 Å². The fourth-order valence-electron chi connectivity index (χ4n) is 2.54. The Labute approximate surface area is 126 Å². The normalized spacial score (nSPS) is 12.3. The molecule has 4 heteroatoms. The summed E-state index contributed by atoms with van der Waals surface area (Å²) in [6, 6.07) is 9.63. The molecule has 0 saturated carbocycles. The van der Waals surface area contributed by atoms with Crippen molar-refractivity contribution in [1.82, 2.24) is 9.97 Å². The molecule has 0 saturated heterocycles.